The summed E-state index contributed by atoms with van der Waals surface area (Å²) in [7, 11) is 1.63. The van der Waals surface area contributed by atoms with Gasteiger partial charge in [0.1, 0.15) is 11.3 Å². The van der Waals surface area contributed by atoms with Gasteiger partial charge in [-0.15, -0.1) is 11.3 Å². The molecule has 1 N–H and O–H groups in total. The molecule has 28 heavy (non-hydrogen) atoms. The summed E-state index contributed by atoms with van der Waals surface area (Å²) in [5, 5.41) is 7.69. The normalized spacial score (nSPS) is 11.0. The summed E-state index contributed by atoms with van der Waals surface area (Å²) in [6.07, 6.45) is 1.54. The number of rotatable bonds is 4. The Kier molecular flexibility index (Phi) is 4.56. The van der Waals surface area contributed by atoms with Gasteiger partial charge >= 0.3 is 0 Å². The number of fused-ring (bicyclic) bond motifs is 1. The van der Waals surface area contributed by atoms with Crippen LogP contribution >= 0.6 is 11.3 Å². The van der Waals surface area contributed by atoms with Crippen LogP contribution < -0.4 is 10.1 Å². The minimum atomic E-state index is -0.275. The van der Waals surface area contributed by atoms with Crippen LogP contribution in [0.2, 0.25) is 0 Å². The molecule has 1 aromatic carbocycles. The Morgan fingerprint density at radius 3 is 2.61 bits per heavy atom. The Morgan fingerprint density at radius 2 is 1.89 bits per heavy atom. The molecule has 0 saturated heterocycles. The predicted octanol–water partition coefficient (Wildman–Crippen LogP) is 4.04. The van der Waals surface area contributed by atoms with Crippen molar-refractivity contribution in [2.45, 2.75) is 20.8 Å². The van der Waals surface area contributed by atoms with E-state index in [4.69, 9.17) is 4.74 Å². The lowest BCUT2D eigenvalue weighted by molar-refractivity contribution is 0.102. The molecular weight excluding hydrogens is 374 g/mol. The fourth-order valence-electron chi connectivity index (χ4n) is 3.06. The van der Waals surface area contributed by atoms with Gasteiger partial charge in [0.2, 0.25) is 0 Å². The molecule has 4 aromatic rings. The topological polar surface area (TPSA) is 81.4 Å². The summed E-state index contributed by atoms with van der Waals surface area (Å²) in [6.45, 7) is 5.81. The summed E-state index contributed by atoms with van der Waals surface area (Å²) in [5.41, 5.74) is 4.54. The molecule has 3 aromatic heterocycles. The number of nitrogens with zero attached hydrogens (tertiary/aromatic N) is 4. The van der Waals surface area contributed by atoms with Gasteiger partial charge in [0, 0.05) is 21.8 Å². The van der Waals surface area contributed by atoms with E-state index in [1.807, 2.05) is 51.1 Å². The smallest absolute Gasteiger partial charge is 0.262 e. The van der Waals surface area contributed by atoms with Gasteiger partial charge in [0.25, 0.3) is 5.91 Å². The molecule has 0 unspecified atom stereocenters. The SMILES string of the molecule is COc1ccc(-c2nc(NC(=O)c3cnn4c(C)cc(C)nc34)sc2C)cc1. The number of carbonyl (C=O) groups is 1. The first-order valence-electron chi connectivity index (χ1n) is 8.71. The van der Waals surface area contributed by atoms with Crippen LogP contribution in [0.25, 0.3) is 16.9 Å². The molecule has 4 rings (SSSR count). The number of aromatic nitrogens is 4. The zero-order valence-corrected chi connectivity index (χ0v) is 16.8. The van der Waals surface area contributed by atoms with Crippen LogP contribution in [0.5, 0.6) is 5.75 Å². The number of ether oxygens (including phenoxy) is 1. The van der Waals surface area contributed by atoms with Crippen LogP contribution in [0, 0.1) is 20.8 Å². The molecule has 3 heterocycles. The van der Waals surface area contributed by atoms with E-state index in [1.54, 1.807) is 11.6 Å². The second-order valence-electron chi connectivity index (χ2n) is 6.44. The standard InChI is InChI=1S/C20H19N5O2S/c1-11-9-12(2)25-18(22-11)16(10-21-25)19(26)24-20-23-17(13(3)28-20)14-5-7-15(27-4)8-6-14/h5-10H,1-4H3,(H,23,24,26). The Bertz CT molecular complexity index is 1180. The first kappa shape index (κ1) is 18.1. The molecule has 0 spiro atoms. The minimum Gasteiger partial charge on any atom is -0.497 e. The highest BCUT2D eigenvalue weighted by molar-refractivity contribution is 7.16. The van der Waals surface area contributed by atoms with Crippen molar-refractivity contribution in [2.24, 2.45) is 0 Å². The molecule has 0 saturated carbocycles. The van der Waals surface area contributed by atoms with Crippen LogP contribution in [-0.4, -0.2) is 32.6 Å². The van der Waals surface area contributed by atoms with E-state index in [-0.39, 0.29) is 5.91 Å². The molecule has 0 fully saturated rings. The molecule has 0 aliphatic rings. The van der Waals surface area contributed by atoms with E-state index in [0.717, 1.165) is 33.3 Å². The maximum Gasteiger partial charge on any atom is 0.262 e. The summed E-state index contributed by atoms with van der Waals surface area (Å²) >= 11 is 1.43. The third kappa shape index (κ3) is 3.22. The van der Waals surface area contributed by atoms with Crippen molar-refractivity contribution in [1.29, 1.82) is 0 Å². The van der Waals surface area contributed by atoms with E-state index in [1.165, 1.54) is 17.5 Å². The van der Waals surface area contributed by atoms with E-state index in [2.05, 4.69) is 20.4 Å². The second kappa shape index (κ2) is 7.05. The second-order valence-corrected chi connectivity index (χ2v) is 7.64. The highest BCUT2D eigenvalue weighted by atomic mass is 32.1. The average molecular weight is 393 g/mol. The zero-order valence-electron chi connectivity index (χ0n) is 16.0. The molecule has 0 aliphatic heterocycles. The van der Waals surface area contributed by atoms with Gasteiger partial charge in [-0.2, -0.15) is 5.10 Å². The van der Waals surface area contributed by atoms with Crippen LogP contribution in [0.3, 0.4) is 0 Å². The molecule has 8 heteroatoms. The fraction of sp³-hybridized carbons (Fsp3) is 0.200. The van der Waals surface area contributed by atoms with Gasteiger partial charge < -0.3 is 4.74 Å². The summed E-state index contributed by atoms with van der Waals surface area (Å²) < 4.78 is 6.86. The zero-order chi connectivity index (χ0) is 19.8. The molecule has 0 radical (unpaired) electrons. The highest BCUT2D eigenvalue weighted by Crippen LogP contribution is 2.31. The minimum absolute atomic E-state index is 0.275. The third-order valence-corrected chi connectivity index (χ3v) is 5.29. The molecule has 1 amide bonds. The monoisotopic (exact) mass is 393 g/mol. The average Bonchev–Trinajstić information content (AvgIpc) is 3.25. The fourth-order valence-corrected chi connectivity index (χ4v) is 3.89. The van der Waals surface area contributed by atoms with Crippen molar-refractivity contribution < 1.29 is 9.53 Å². The largest absolute Gasteiger partial charge is 0.497 e. The van der Waals surface area contributed by atoms with Crippen molar-refractivity contribution in [2.75, 3.05) is 12.4 Å². The lowest BCUT2D eigenvalue weighted by atomic mass is 10.1. The first-order chi connectivity index (χ1) is 13.5. The number of methoxy groups -OCH3 is 1. The molecule has 7 nitrogen and oxygen atoms in total. The molecular formula is C20H19N5O2S. The van der Waals surface area contributed by atoms with Crippen molar-refractivity contribution in [3.05, 3.63) is 58.4 Å². The predicted molar refractivity (Wildman–Crippen MR) is 109 cm³/mol. The van der Waals surface area contributed by atoms with Gasteiger partial charge in [0.15, 0.2) is 10.8 Å². The molecule has 0 bridgehead atoms. The summed E-state index contributed by atoms with van der Waals surface area (Å²) in [4.78, 5) is 22.9. The van der Waals surface area contributed by atoms with Crippen molar-refractivity contribution in [1.82, 2.24) is 19.6 Å². The van der Waals surface area contributed by atoms with Crippen LogP contribution in [0.1, 0.15) is 26.6 Å². The lowest BCUT2D eigenvalue weighted by Gasteiger charge is -2.03. The van der Waals surface area contributed by atoms with Gasteiger partial charge in [-0.05, 0) is 51.1 Å². The third-order valence-electron chi connectivity index (χ3n) is 4.40. The Morgan fingerprint density at radius 1 is 1.14 bits per heavy atom. The number of hydrogen-bond donors (Lipinski definition) is 1. The molecule has 0 aliphatic carbocycles. The Labute approximate surface area is 166 Å². The van der Waals surface area contributed by atoms with E-state index >= 15 is 0 Å². The van der Waals surface area contributed by atoms with Crippen LogP contribution in [0.4, 0.5) is 5.13 Å². The number of hydrogen-bond acceptors (Lipinski definition) is 6. The summed E-state index contributed by atoms with van der Waals surface area (Å²) in [6, 6.07) is 9.61. The Balaban J connectivity index is 1.62. The van der Waals surface area contributed by atoms with Crippen molar-refractivity contribution in [3.63, 3.8) is 0 Å². The van der Waals surface area contributed by atoms with Gasteiger partial charge in [-0.1, -0.05) is 0 Å². The van der Waals surface area contributed by atoms with Gasteiger partial charge in [-0.25, -0.2) is 14.5 Å². The maximum absolute atomic E-state index is 12.8. The van der Waals surface area contributed by atoms with Gasteiger partial charge in [-0.3, -0.25) is 10.1 Å². The number of aryl methyl sites for hydroxylation is 3. The number of thiazole rings is 1. The van der Waals surface area contributed by atoms with Crippen LogP contribution in [-0.2, 0) is 0 Å². The number of amides is 1. The Hall–Kier alpha value is -3.26. The van der Waals surface area contributed by atoms with E-state index in [0.29, 0.717) is 16.3 Å². The van der Waals surface area contributed by atoms with Crippen molar-refractivity contribution >= 4 is 28.0 Å². The lowest BCUT2D eigenvalue weighted by Crippen LogP contribution is -2.12. The summed E-state index contributed by atoms with van der Waals surface area (Å²) in [5.74, 6) is 0.513. The number of anilines is 1. The number of nitrogens with one attached hydrogen (secondary N) is 1. The number of carbonyl (C=O) groups excluding carboxylic acids is 1. The van der Waals surface area contributed by atoms with E-state index in [9.17, 15) is 4.79 Å². The van der Waals surface area contributed by atoms with Crippen molar-refractivity contribution in [3.8, 4) is 17.0 Å². The first-order valence-corrected chi connectivity index (χ1v) is 9.53. The molecule has 0 atom stereocenters. The maximum atomic E-state index is 12.8. The number of benzene rings is 1. The highest BCUT2D eigenvalue weighted by Gasteiger charge is 2.18. The van der Waals surface area contributed by atoms with E-state index < -0.39 is 0 Å². The van der Waals surface area contributed by atoms with Gasteiger partial charge in [0.05, 0.1) is 19.0 Å². The molecule has 142 valence electrons. The quantitative estimate of drug-likeness (QED) is 0.566. The van der Waals surface area contributed by atoms with Crippen LogP contribution in [0.15, 0.2) is 36.5 Å².